The molecule has 1 unspecified atom stereocenters. The Morgan fingerprint density at radius 3 is 2.61 bits per heavy atom. The van der Waals surface area contributed by atoms with Gasteiger partial charge in [-0.3, -0.25) is 0 Å². The lowest BCUT2D eigenvalue weighted by Gasteiger charge is -2.26. The Bertz CT molecular complexity index is 477. The average Bonchev–Trinajstić information content (AvgIpc) is 2.93. The van der Waals surface area contributed by atoms with Gasteiger partial charge in [0.2, 0.25) is 0 Å². The Morgan fingerprint density at radius 2 is 2.06 bits per heavy atom. The summed E-state index contributed by atoms with van der Waals surface area (Å²) in [6, 6.07) is 4.89. The van der Waals surface area contributed by atoms with Crippen molar-refractivity contribution in [2.45, 2.75) is 38.0 Å². The summed E-state index contributed by atoms with van der Waals surface area (Å²) >= 11 is 2.24. The molecule has 1 aliphatic rings. The van der Waals surface area contributed by atoms with E-state index in [2.05, 4.69) is 15.9 Å². The molecule has 1 aromatic carbocycles. The van der Waals surface area contributed by atoms with Gasteiger partial charge in [0, 0.05) is 21.4 Å². The van der Waals surface area contributed by atoms with Crippen molar-refractivity contribution in [1.82, 2.24) is 4.31 Å². The fourth-order valence-electron chi connectivity index (χ4n) is 1.95. The standard InChI is InChI=1S/C13H17BrFNOS/c1-12(2,3)18(17)16-8-13(16,4)10-7-9(14)5-6-11(10)15/h5-7H,8H2,1-4H3/t13?,16-,18-/m1/s1. The van der Waals surface area contributed by atoms with E-state index in [4.69, 9.17) is 0 Å². The Balaban J connectivity index is 2.28. The van der Waals surface area contributed by atoms with E-state index in [0.717, 1.165) is 4.47 Å². The second-order valence-corrected chi connectivity index (χ2v) is 8.88. The van der Waals surface area contributed by atoms with Crippen molar-refractivity contribution in [2.24, 2.45) is 0 Å². The van der Waals surface area contributed by atoms with Crippen LogP contribution >= 0.6 is 15.9 Å². The first-order valence-corrected chi connectivity index (χ1v) is 7.71. The molecule has 1 heterocycles. The summed E-state index contributed by atoms with van der Waals surface area (Å²) in [7, 11) is 0. The third-order valence-corrected chi connectivity index (χ3v) is 5.60. The molecule has 0 saturated carbocycles. The van der Waals surface area contributed by atoms with Gasteiger partial charge in [-0.25, -0.2) is 4.39 Å². The van der Waals surface area contributed by atoms with Gasteiger partial charge in [-0.2, -0.15) is 0 Å². The molecule has 1 fully saturated rings. The molecule has 0 aliphatic carbocycles. The van der Waals surface area contributed by atoms with Gasteiger partial charge in [0.1, 0.15) is 16.1 Å². The molecule has 0 bridgehead atoms. The molecule has 0 N–H and O–H groups in total. The fraction of sp³-hybridized carbons (Fsp3) is 0.538. The Morgan fingerprint density at radius 1 is 1.44 bits per heavy atom. The van der Waals surface area contributed by atoms with Crippen LogP contribution in [0.25, 0.3) is 0 Å². The van der Waals surface area contributed by atoms with E-state index in [-0.39, 0.29) is 10.6 Å². The lowest BCUT2D eigenvalue weighted by Crippen LogP contribution is -2.36. The Kier molecular flexibility index (Phi) is 3.56. The first-order valence-electron chi connectivity index (χ1n) is 5.81. The summed E-state index contributed by atoms with van der Waals surface area (Å²) in [4.78, 5) is 0. The van der Waals surface area contributed by atoms with Gasteiger partial charge in [0.25, 0.3) is 0 Å². The number of hydrogen-bond acceptors (Lipinski definition) is 2. The molecular weight excluding hydrogens is 317 g/mol. The molecule has 5 heteroatoms. The Labute approximate surface area is 119 Å². The van der Waals surface area contributed by atoms with E-state index >= 15 is 0 Å². The molecule has 0 aromatic heterocycles. The van der Waals surface area contributed by atoms with Gasteiger partial charge in [-0.1, -0.05) is 15.9 Å². The highest BCUT2D eigenvalue weighted by Gasteiger charge is 2.60. The minimum atomic E-state index is -1.11. The maximum absolute atomic E-state index is 13.9. The smallest absolute Gasteiger partial charge is 0.137 e. The highest BCUT2D eigenvalue weighted by Crippen LogP contribution is 2.48. The molecule has 0 spiro atoms. The summed E-state index contributed by atoms with van der Waals surface area (Å²) < 4.78 is 28.6. The largest absolute Gasteiger partial charge is 0.597 e. The van der Waals surface area contributed by atoms with Crippen LogP contribution in [-0.2, 0) is 16.9 Å². The molecule has 1 aliphatic heterocycles. The Hall–Kier alpha value is -0.100. The van der Waals surface area contributed by atoms with Crippen molar-refractivity contribution in [1.29, 1.82) is 0 Å². The van der Waals surface area contributed by atoms with Crippen LogP contribution in [0.15, 0.2) is 22.7 Å². The van der Waals surface area contributed by atoms with Crippen molar-refractivity contribution in [2.75, 3.05) is 6.54 Å². The van der Waals surface area contributed by atoms with Crippen molar-refractivity contribution in [3.63, 3.8) is 0 Å². The van der Waals surface area contributed by atoms with E-state index in [1.807, 2.05) is 32.0 Å². The predicted octanol–water partition coefficient (Wildman–Crippen LogP) is 3.58. The summed E-state index contributed by atoms with van der Waals surface area (Å²) in [5.41, 5.74) is 0.154. The summed E-state index contributed by atoms with van der Waals surface area (Å²) in [5, 5.41) is 0. The van der Waals surface area contributed by atoms with E-state index in [1.54, 1.807) is 12.1 Å². The zero-order valence-electron chi connectivity index (χ0n) is 11.0. The summed E-state index contributed by atoms with van der Waals surface area (Å²) in [6.45, 7) is 8.35. The second kappa shape index (κ2) is 4.47. The monoisotopic (exact) mass is 333 g/mol. The molecule has 3 atom stereocenters. The first kappa shape index (κ1) is 14.3. The minimum absolute atomic E-state index is 0.242. The third-order valence-electron chi connectivity index (χ3n) is 3.13. The van der Waals surface area contributed by atoms with Gasteiger partial charge >= 0.3 is 0 Å². The minimum Gasteiger partial charge on any atom is -0.597 e. The molecule has 2 nitrogen and oxygen atoms in total. The molecule has 2 rings (SSSR count). The van der Waals surface area contributed by atoms with E-state index in [9.17, 15) is 8.94 Å². The van der Waals surface area contributed by atoms with Crippen molar-refractivity contribution >= 4 is 27.3 Å². The van der Waals surface area contributed by atoms with Crippen LogP contribution in [0.5, 0.6) is 0 Å². The van der Waals surface area contributed by atoms with Crippen LogP contribution in [0.2, 0.25) is 0 Å². The maximum atomic E-state index is 13.9. The van der Waals surface area contributed by atoms with Crippen LogP contribution in [-0.4, -0.2) is 20.1 Å². The number of benzene rings is 1. The SMILES string of the molecule is CC1(c2cc(Br)ccc2F)C[N@@]1[S@+]([O-])C(C)(C)C. The second-order valence-electron chi connectivity index (χ2n) is 5.80. The first-order chi connectivity index (χ1) is 8.16. The quantitative estimate of drug-likeness (QED) is 0.610. The molecule has 0 radical (unpaired) electrons. The highest BCUT2D eigenvalue weighted by molar-refractivity contribution is 9.10. The third kappa shape index (κ3) is 2.46. The lowest BCUT2D eigenvalue weighted by atomic mass is 10.0. The topological polar surface area (TPSA) is 26.1 Å². The van der Waals surface area contributed by atoms with Gasteiger partial charge < -0.3 is 4.55 Å². The molecule has 100 valence electrons. The number of nitrogens with zero attached hydrogens (tertiary/aromatic N) is 1. The van der Waals surface area contributed by atoms with Crippen molar-refractivity contribution in [3.8, 4) is 0 Å². The number of rotatable bonds is 2. The highest BCUT2D eigenvalue weighted by atomic mass is 79.9. The van der Waals surface area contributed by atoms with Gasteiger partial charge in [0.05, 0.1) is 6.54 Å². The fourth-order valence-corrected chi connectivity index (χ4v) is 3.80. The summed E-state index contributed by atoms with van der Waals surface area (Å²) in [5.74, 6) is -0.242. The van der Waals surface area contributed by atoms with E-state index in [0.29, 0.717) is 12.1 Å². The lowest BCUT2D eigenvalue weighted by molar-refractivity contribution is 0.481. The summed E-state index contributed by atoms with van der Waals surface area (Å²) in [6.07, 6.45) is 0. The van der Waals surface area contributed by atoms with Crippen LogP contribution < -0.4 is 0 Å². The molecule has 0 amide bonds. The van der Waals surface area contributed by atoms with Gasteiger partial charge in [-0.15, -0.1) is 4.31 Å². The molecular formula is C13H17BrFNOS. The van der Waals surface area contributed by atoms with Crippen molar-refractivity contribution in [3.05, 3.63) is 34.1 Å². The van der Waals surface area contributed by atoms with Crippen molar-refractivity contribution < 1.29 is 8.94 Å². The zero-order chi connectivity index (χ0) is 13.7. The number of halogens is 2. The van der Waals surface area contributed by atoms with Crippen LogP contribution in [0, 0.1) is 5.82 Å². The zero-order valence-corrected chi connectivity index (χ0v) is 13.4. The van der Waals surface area contributed by atoms with Crippen LogP contribution in [0.4, 0.5) is 4.39 Å². The molecule has 1 saturated heterocycles. The van der Waals surface area contributed by atoms with E-state index < -0.39 is 16.9 Å². The van der Waals surface area contributed by atoms with Crippen LogP contribution in [0.1, 0.15) is 33.3 Å². The maximum Gasteiger partial charge on any atom is 0.137 e. The molecule has 18 heavy (non-hydrogen) atoms. The average molecular weight is 334 g/mol. The van der Waals surface area contributed by atoms with E-state index in [1.165, 1.54) is 6.07 Å². The van der Waals surface area contributed by atoms with Gasteiger partial charge in [0.15, 0.2) is 0 Å². The number of hydrogen-bond donors (Lipinski definition) is 0. The normalized spacial score (nSPS) is 29.2. The predicted molar refractivity (Wildman–Crippen MR) is 76.1 cm³/mol. The van der Waals surface area contributed by atoms with Crippen LogP contribution in [0.3, 0.4) is 0 Å². The van der Waals surface area contributed by atoms with Gasteiger partial charge in [-0.05, 0) is 45.9 Å². The molecule has 1 aromatic rings.